The Morgan fingerprint density at radius 1 is 1.50 bits per heavy atom. The second-order valence-corrected chi connectivity index (χ2v) is 5.51. The summed E-state index contributed by atoms with van der Waals surface area (Å²) in [5, 5.41) is 0. The van der Waals surface area contributed by atoms with Crippen molar-refractivity contribution >= 4 is 17.3 Å². The molecule has 20 heavy (non-hydrogen) atoms. The predicted molar refractivity (Wildman–Crippen MR) is 81.1 cm³/mol. The highest BCUT2D eigenvalue weighted by atomic mass is 16.5. The molecule has 1 aliphatic rings. The van der Waals surface area contributed by atoms with Gasteiger partial charge in [0, 0.05) is 30.5 Å². The maximum Gasteiger partial charge on any atom is 0.340 e. The molecule has 0 aliphatic carbocycles. The molecule has 0 bridgehead atoms. The normalized spacial score (nSPS) is 18.6. The van der Waals surface area contributed by atoms with Crippen LogP contribution in [0.15, 0.2) is 18.2 Å². The highest BCUT2D eigenvalue weighted by Crippen LogP contribution is 2.28. The van der Waals surface area contributed by atoms with E-state index in [2.05, 4.69) is 23.9 Å². The molecule has 1 atom stereocenters. The zero-order valence-electron chi connectivity index (χ0n) is 12.4. The van der Waals surface area contributed by atoms with Crippen molar-refractivity contribution in [2.24, 2.45) is 0 Å². The molecule has 0 saturated carbocycles. The Morgan fingerprint density at radius 3 is 2.90 bits per heavy atom. The number of hydrogen-bond donors (Lipinski definition) is 1. The van der Waals surface area contributed by atoms with Crippen molar-refractivity contribution in [2.45, 2.75) is 18.9 Å². The van der Waals surface area contributed by atoms with E-state index in [0.29, 0.717) is 17.3 Å². The van der Waals surface area contributed by atoms with Gasteiger partial charge in [0.25, 0.3) is 0 Å². The van der Waals surface area contributed by atoms with Crippen molar-refractivity contribution < 1.29 is 9.53 Å². The molecule has 2 rings (SSSR count). The Hall–Kier alpha value is -1.75. The van der Waals surface area contributed by atoms with Gasteiger partial charge in [0.2, 0.25) is 0 Å². The van der Waals surface area contributed by atoms with Gasteiger partial charge in [-0.3, -0.25) is 0 Å². The van der Waals surface area contributed by atoms with E-state index in [1.54, 1.807) is 6.07 Å². The van der Waals surface area contributed by atoms with Crippen LogP contribution in [0.3, 0.4) is 0 Å². The number of benzene rings is 1. The van der Waals surface area contributed by atoms with Crippen LogP contribution in [-0.4, -0.2) is 51.2 Å². The molecule has 0 radical (unpaired) electrons. The lowest BCUT2D eigenvalue weighted by Crippen LogP contribution is -2.37. The summed E-state index contributed by atoms with van der Waals surface area (Å²) >= 11 is 0. The topological polar surface area (TPSA) is 58.8 Å². The molecular weight excluding hydrogens is 254 g/mol. The van der Waals surface area contributed by atoms with Crippen molar-refractivity contribution in [3.05, 3.63) is 23.8 Å². The smallest absolute Gasteiger partial charge is 0.340 e. The number of nitrogens with two attached hydrogens (primary N) is 1. The van der Waals surface area contributed by atoms with Gasteiger partial charge in [0.05, 0.1) is 12.7 Å². The number of likely N-dealkylation sites (N-methyl/N-ethyl adjacent to an activating group) is 1. The molecule has 0 amide bonds. The fourth-order valence-corrected chi connectivity index (χ4v) is 2.80. The standard InChI is InChI=1S/C15H23N3O2/c1-17(2)10-12-5-4-8-18(12)11-6-7-14(16)13(9-11)15(19)20-3/h6-7,9,12H,4-5,8,10,16H2,1-3H3. The molecule has 1 fully saturated rings. The number of rotatable bonds is 4. The number of hydrogen-bond acceptors (Lipinski definition) is 5. The first kappa shape index (κ1) is 14.7. The van der Waals surface area contributed by atoms with Crippen LogP contribution in [0.5, 0.6) is 0 Å². The van der Waals surface area contributed by atoms with Gasteiger partial charge in [0.15, 0.2) is 0 Å². The van der Waals surface area contributed by atoms with Gasteiger partial charge in [0.1, 0.15) is 0 Å². The minimum atomic E-state index is -0.382. The Balaban J connectivity index is 2.26. The van der Waals surface area contributed by atoms with Crippen LogP contribution in [0.2, 0.25) is 0 Å². The number of carbonyl (C=O) groups excluding carboxylic acids is 1. The van der Waals surface area contributed by atoms with Crippen LogP contribution >= 0.6 is 0 Å². The van der Waals surface area contributed by atoms with E-state index in [1.807, 2.05) is 12.1 Å². The molecule has 1 aromatic carbocycles. The van der Waals surface area contributed by atoms with Gasteiger partial charge in [-0.05, 0) is 45.1 Å². The maximum absolute atomic E-state index is 11.7. The molecule has 110 valence electrons. The lowest BCUT2D eigenvalue weighted by atomic mass is 10.1. The van der Waals surface area contributed by atoms with Gasteiger partial charge < -0.3 is 20.3 Å². The third-order valence-corrected chi connectivity index (χ3v) is 3.73. The summed E-state index contributed by atoms with van der Waals surface area (Å²) in [5.41, 5.74) is 7.80. The van der Waals surface area contributed by atoms with Crippen LogP contribution in [0.4, 0.5) is 11.4 Å². The van der Waals surface area contributed by atoms with Crippen LogP contribution in [0, 0.1) is 0 Å². The summed E-state index contributed by atoms with van der Waals surface area (Å²) < 4.78 is 4.78. The summed E-state index contributed by atoms with van der Waals surface area (Å²) in [6.45, 7) is 2.03. The lowest BCUT2D eigenvalue weighted by Gasteiger charge is -2.29. The highest BCUT2D eigenvalue weighted by Gasteiger charge is 2.26. The minimum absolute atomic E-state index is 0.382. The van der Waals surface area contributed by atoms with Gasteiger partial charge in [-0.15, -0.1) is 0 Å². The molecule has 5 heteroatoms. The number of anilines is 2. The Bertz CT molecular complexity index is 488. The first-order chi connectivity index (χ1) is 9.52. The average molecular weight is 277 g/mol. The van der Waals surface area contributed by atoms with Crippen LogP contribution in [0.25, 0.3) is 0 Å². The van der Waals surface area contributed by atoms with E-state index in [-0.39, 0.29) is 5.97 Å². The number of esters is 1. The third kappa shape index (κ3) is 3.04. The van der Waals surface area contributed by atoms with Crippen LogP contribution in [0.1, 0.15) is 23.2 Å². The molecule has 1 heterocycles. The van der Waals surface area contributed by atoms with Crippen LogP contribution in [-0.2, 0) is 4.74 Å². The molecule has 0 aromatic heterocycles. The van der Waals surface area contributed by atoms with Crippen molar-refractivity contribution in [2.75, 3.05) is 44.9 Å². The Morgan fingerprint density at radius 2 is 2.25 bits per heavy atom. The van der Waals surface area contributed by atoms with E-state index >= 15 is 0 Å². The van der Waals surface area contributed by atoms with Crippen molar-refractivity contribution in [3.8, 4) is 0 Å². The molecule has 5 nitrogen and oxygen atoms in total. The number of nitrogen functional groups attached to an aromatic ring is 1. The third-order valence-electron chi connectivity index (χ3n) is 3.73. The zero-order chi connectivity index (χ0) is 14.7. The fourth-order valence-electron chi connectivity index (χ4n) is 2.80. The molecular formula is C15H23N3O2. The van der Waals surface area contributed by atoms with Crippen LogP contribution < -0.4 is 10.6 Å². The largest absolute Gasteiger partial charge is 0.465 e. The van der Waals surface area contributed by atoms with E-state index < -0.39 is 0 Å². The van der Waals surface area contributed by atoms with Gasteiger partial charge >= 0.3 is 5.97 Å². The fraction of sp³-hybridized carbons (Fsp3) is 0.533. The predicted octanol–water partition coefficient (Wildman–Crippen LogP) is 1.59. The first-order valence-corrected chi connectivity index (χ1v) is 6.92. The quantitative estimate of drug-likeness (QED) is 0.669. The average Bonchev–Trinajstić information content (AvgIpc) is 2.85. The van der Waals surface area contributed by atoms with E-state index in [9.17, 15) is 4.79 Å². The monoisotopic (exact) mass is 277 g/mol. The summed E-state index contributed by atoms with van der Waals surface area (Å²) in [5.74, 6) is -0.382. The van der Waals surface area contributed by atoms with Gasteiger partial charge in [-0.2, -0.15) is 0 Å². The summed E-state index contributed by atoms with van der Waals surface area (Å²) in [7, 11) is 5.54. The molecule has 0 spiro atoms. The second-order valence-electron chi connectivity index (χ2n) is 5.51. The molecule has 1 saturated heterocycles. The number of carbonyl (C=O) groups is 1. The molecule has 2 N–H and O–H groups in total. The minimum Gasteiger partial charge on any atom is -0.465 e. The van der Waals surface area contributed by atoms with Crippen molar-refractivity contribution in [1.29, 1.82) is 0 Å². The molecule has 1 aromatic rings. The summed E-state index contributed by atoms with van der Waals surface area (Å²) in [6, 6.07) is 6.09. The second kappa shape index (κ2) is 6.13. The van der Waals surface area contributed by atoms with Gasteiger partial charge in [-0.25, -0.2) is 4.79 Å². The van der Waals surface area contributed by atoms with E-state index in [4.69, 9.17) is 10.5 Å². The lowest BCUT2D eigenvalue weighted by molar-refractivity contribution is 0.0602. The van der Waals surface area contributed by atoms with Crippen molar-refractivity contribution in [1.82, 2.24) is 4.90 Å². The van der Waals surface area contributed by atoms with E-state index in [0.717, 1.165) is 18.8 Å². The summed E-state index contributed by atoms with van der Waals surface area (Å²) in [4.78, 5) is 16.3. The maximum atomic E-state index is 11.7. The van der Waals surface area contributed by atoms with Crippen molar-refractivity contribution in [3.63, 3.8) is 0 Å². The Labute approximate surface area is 120 Å². The Kier molecular flexibility index (Phi) is 4.49. The summed E-state index contributed by atoms with van der Waals surface area (Å²) in [6.07, 6.45) is 2.35. The SMILES string of the molecule is COC(=O)c1cc(N2CCCC2CN(C)C)ccc1N. The number of nitrogens with zero attached hydrogens (tertiary/aromatic N) is 2. The van der Waals surface area contributed by atoms with Gasteiger partial charge in [-0.1, -0.05) is 0 Å². The van der Waals surface area contributed by atoms with E-state index in [1.165, 1.54) is 20.0 Å². The molecule has 1 aliphatic heterocycles. The zero-order valence-corrected chi connectivity index (χ0v) is 12.4. The number of ether oxygens (including phenoxy) is 1. The number of methoxy groups -OCH3 is 1. The first-order valence-electron chi connectivity index (χ1n) is 6.92. The molecule has 1 unspecified atom stereocenters. The highest BCUT2D eigenvalue weighted by molar-refractivity contribution is 5.96.